The van der Waals surface area contributed by atoms with E-state index in [1.807, 2.05) is 50.3 Å². The fourth-order valence-corrected chi connectivity index (χ4v) is 3.91. The van der Waals surface area contributed by atoms with Gasteiger partial charge in [0.05, 0.1) is 17.7 Å². The van der Waals surface area contributed by atoms with E-state index in [0.717, 1.165) is 16.7 Å². The third-order valence-corrected chi connectivity index (χ3v) is 5.63. The predicted octanol–water partition coefficient (Wildman–Crippen LogP) is 4.10. The topological polar surface area (TPSA) is 75.2 Å². The Kier molecular flexibility index (Phi) is 5.50. The van der Waals surface area contributed by atoms with Crippen LogP contribution in [0, 0.1) is 11.3 Å². The summed E-state index contributed by atoms with van der Waals surface area (Å²) >= 11 is 0. The predicted molar refractivity (Wildman–Crippen MR) is 120 cm³/mol. The van der Waals surface area contributed by atoms with Crippen molar-refractivity contribution in [2.75, 3.05) is 0 Å². The van der Waals surface area contributed by atoms with Crippen LogP contribution in [0.25, 0.3) is 6.08 Å². The van der Waals surface area contributed by atoms with E-state index in [4.69, 9.17) is 10.00 Å². The highest BCUT2D eigenvalue weighted by atomic mass is 16.5. The van der Waals surface area contributed by atoms with Crippen molar-refractivity contribution >= 4 is 6.08 Å². The van der Waals surface area contributed by atoms with Gasteiger partial charge in [-0.25, -0.2) is 0 Å². The molecule has 31 heavy (non-hydrogen) atoms. The Morgan fingerprint density at radius 2 is 1.94 bits per heavy atom. The summed E-state index contributed by atoms with van der Waals surface area (Å²) in [5.74, 6) is 0.677. The molecule has 0 amide bonds. The number of allylic oxidation sites excluding steroid dienone is 1. The van der Waals surface area contributed by atoms with E-state index in [-0.39, 0.29) is 5.56 Å². The third kappa shape index (κ3) is 4.16. The zero-order chi connectivity index (χ0) is 22.0. The molecular formula is C26H24N2O3. The number of pyridine rings is 1. The maximum Gasteiger partial charge on any atom is 0.251 e. The molecule has 5 heteroatoms. The van der Waals surface area contributed by atoms with Gasteiger partial charge in [0.15, 0.2) is 0 Å². The molecule has 4 rings (SSSR count). The first-order valence-electron chi connectivity index (χ1n) is 10.2. The molecule has 1 aliphatic heterocycles. The first-order chi connectivity index (χ1) is 14.9. The van der Waals surface area contributed by atoms with E-state index < -0.39 is 17.7 Å². The molecule has 2 aromatic carbocycles. The molecule has 0 aliphatic carbocycles. The molecule has 1 aliphatic rings. The fraction of sp³-hybridized carbons (Fsp3) is 0.231. The number of rotatable bonds is 4. The molecule has 0 unspecified atom stereocenters. The van der Waals surface area contributed by atoms with Crippen molar-refractivity contribution < 1.29 is 9.84 Å². The maximum absolute atomic E-state index is 12.5. The van der Waals surface area contributed by atoms with Gasteiger partial charge in [0.25, 0.3) is 5.56 Å². The number of nitriles is 1. The molecule has 0 saturated carbocycles. The van der Waals surface area contributed by atoms with Crippen molar-refractivity contribution in [3.8, 4) is 11.8 Å². The highest BCUT2D eigenvalue weighted by Gasteiger charge is 2.44. The van der Waals surface area contributed by atoms with Crippen molar-refractivity contribution in [3.05, 3.63) is 106 Å². The molecular weight excluding hydrogens is 388 g/mol. The third-order valence-electron chi connectivity index (χ3n) is 5.63. The molecule has 0 bridgehead atoms. The second kappa shape index (κ2) is 8.25. The van der Waals surface area contributed by atoms with Crippen LogP contribution in [0.5, 0.6) is 5.75 Å². The highest BCUT2D eigenvalue weighted by Crippen LogP contribution is 2.41. The van der Waals surface area contributed by atoms with Gasteiger partial charge in [0.2, 0.25) is 0 Å². The summed E-state index contributed by atoms with van der Waals surface area (Å²) in [6.45, 7) is 3.66. The van der Waals surface area contributed by atoms with Crippen LogP contribution in [0.4, 0.5) is 0 Å². The van der Waals surface area contributed by atoms with E-state index >= 15 is 0 Å². The number of hydrogen-bond donors (Lipinski definition) is 1. The van der Waals surface area contributed by atoms with Crippen LogP contribution >= 0.6 is 0 Å². The van der Waals surface area contributed by atoms with Gasteiger partial charge in [0, 0.05) is 17.8 Å². The zero-order valence-corrected chi connectivity index (χ0v) is 17.5. The van der Waals surface area contributed by atoms with Crippen molar-refractivity contribution in [1.29, 1.82) is 5.26 Å². The van der Waals surface area contributed by atoms with Gasteiger partial charge in [-0.2, -0.15) is 5.26 Å². The first-order valence-corrected chi connectivity index (χ1v) is 10.2. The van der Waals surface area contributed by atoms with Crippen molar-refractivity contribution in [2.24, 2.45) is 0 Å². The standard InChI is InChI=1S/C26H24N2O3/c1-26(2)25(30)24(28-15-4-3-8-23(28)29)21-16-19(13-14-22(21)31-26)7-5-6-18-9-11-20(17-27)12-10-18/h3-6,8-16,24-25,30H,7H2,1-2H3/b6-5+/t24-,25+/m1/s1. The average Bonchev–Trinajstić information content (AvgIpc) is 2.76. The normalized spacial score (nSPS) is 19.4. The Morgan fingerprint density at radius 1 is 1.16 bits per heavy atom. The van der Waals surface area contributed by atoms with Crippen molar-refractivity contribution in [3.63, 3.8) is 0 Å². The van der Waals surface area contributed by atoms with Gasteiger partial charge in [-0.15, -0.1) is 0 Å². The Hall–Kier alpha value is -3.62. The van der Waals surface area contributed by atoms with Gasteiger partial charge in [-0.05, 0) is 61.7 Å². The number of benzene rings is 2. The lowest BCUT2D eigenvalue weighted by Gasteiger charge is -2.42. The molecule has 1 aromatic heterocycles. The monoisotopic (exact) mass is 412 g/mol. The summed E-state index contributed by atoms with van der Waals surface area (Å²) in [5, 5.41) is 20.0. The number of aromatic nitrogens is 1. The Labute approximate surface area is 181 Å². The zero-order valence-electron chi connectivity index (χ0n) is 17.5. The summed E-state index contributed by atoms with van der Waals surface area (Å²) in [6.07, 6.45) is 5.57. The number of aliphatic hydroxyl groups is 1. The second-order valence-electron chi connectivity index (χ2n) is 8.25. The van der Waals surface area contributed by atoms with E-state index in [9.17, 15) is 9.90 Å². The van der Waals surface area contributed by atoms with Crippen LogP contribution in [0.15, 0.2) is 77.7 Å². The summed E-state index contributed by atoms with van der Waals surface area (Å²) in [4.78, 5) is 12.5. The van der Waals surface area contributed by atoms with Crippen LogP contribution < -0.4 is 10.3 Å². The Morgan fingerprint density at radius 3 is 2.65 bits per heavy atom. The summed E-state index contributed by atoms with van der Waals surface area (Å²) < 4.78 is 7.64. The molecule has 1 N–H and O–H groups in total. The van der Waals surface area contributed by atoms with Crippen LogP contribution in [0.1, 0.15) is 42.1 Å². The number of ether oxygens (including phenoxy) is 1. The van der Waals surface area contributed by atoms with Gasteiger partial charge in [-0.3, -0.25) is 4.79 Å². The minimum atomic E-state index is -0.885. The number of hydrogen-bond acceptors (Lipinski definition) is 4. The molecule has 0 saturated heterocycles. The lowest BCUT2D eigenvalue weighted by atomic mass is 9.85. The van der Waals surface area contributed by atoms with Crippen molar-refractivity contribution in [2.45, 2.75) is 38.0 Å². The highest BCUT2D eigenvalue weighted by molar-refractivity contribution is 5.52. The number of aliphatic hydroxyl groups excluding tert-OH is 1. The molecule has 3 aromatic rings. The summed E-state index contributed by atoms with van der Waals surface area (Å²) in [6, 6.07) is 19.9. The van der Waals surface area contributed by atoms with E-state index in [2.05, 4.69) is 12.1 Å². The van der Waals surface area contributed by atoms with E-state index in [0.29, 0.717) is 17.7 Å². The average molecular weight is 412 g/mol. The summed E-state index contributed by atoms with van der Waals surface area (Å²) in [7, 11) is 0. The van der Waals surface area contributed by atoms with Gasteiger partial charge in [0.1, 0.15) is 17.5 Å². The Balaban J connectivity index is 1.65. The summed E-state index contributed by atoms with van der Waals surface area (Å²) in [5.41, 5.74) is 2.50. The largest absolute Gasteiger partial charge is 0.485 e. The lowest BCUT2D eigenvalue weighted by molar-refractivity contribution is -0.0643. The molecule has 5 nitrogen and oxygen atoms in total. The molecule has 156 valence electrons. The van der Waals surface area contributed by atoms with Crippen LogP contribution in [0.3, 0.4) is 0 Å². The molecule has 0 spiro atoms. The molecule has 2 atom stereocenters. The quantitative estimate of drug-likeness (QED) is 0.700. The van der Waals surface area contributed by atoms with Gasteiger partial charge < -0.3 is 14.4 Å². The van der Waals surface area contributed by atoms with Crippen LogP contribution in [0.2, 0.25) is 0 Å². The van der Waals surface area contributed by atoms with Crippen LogP contribution in [-0.2, 0) is 6.42 Å². The van der Waals surface area contributed by atoms with Gasteiger partial charge in [-0.1, -0.05) is 36.4 Å². The SMILES string of the molecule is CC1(C)Oc2ccc(C/C=C/c3ccc(C#N)cc3)cc2[C@@H](n2ccccc2=O)[C@@H]1O. The van der Waals surface area contributed by atoms with Gasteiger partial charge >= 0.3 is 0 Å². The fourth-order valence-electron chi connectivity index (χ4n) is 3.91. The molecule has 2 heterocycles. The smallest absolute Gasteiger partial charge is 0.251 e. The Bertz CT molecular complexity index is 1220. The molecule has 0 fully saturated rings. The first kappa shape index (κ1) is 20.6. The molecule has 0 radical (unpaired) electrons. The second-order valence-corrected chi connectivity index (χ2v) is 8.25. The maximum atomic E-state index is 12.5. The van der Waals surface area contributed by atoms with E-state index in [1.54, 1.807) is 35.0 Å². The minimum absolute atomic E-state index is 0.165. The van der Waals surface area contributed by atoms with E-state index in [1.165, 1.54) is 6.07 Å². The van der Waals surface area contributed by atoms with Crippen molar-refractivity contribution in [1.82, 2.24) is 4.57 Å². The minimum Gasteiger partial charge on any atom is -0.485 e. The van der Waals surface area contributed by atoms with Crippen LogP contribution in [-0.4, -0.2) is 21.4 Å². The number of nitrogens with zero attached hydrogens (tertiary/aromatic N) is 2. The number of fused-ring (bicyclic) bond motifs is 1. The lowest BCUT2D eigenvalue weighted by Crippen LogP contribution is -2.52.